The molecule has 1 atom stereocenters. The fourth-order valence-electron chi connectivity index (χ4n) is 1.98. The van der Waals surface area contributed by atoms with Crippen LogP contribution in [0.2, 0.25) is 15.1 Å². The third-order valence-corrected chi connectivity index (χ3v) is 4.20. The van der Waals surface area contributed by atoms with E-state index in [-0.39, 0.29) is 5.02 Å². The Bertz CT molecular complexity index is 659. The fraction of sp³-hybridized carbons (Fsp3) is 0.200. The van der Waals surface area contributed by atoms with Gasteiger partial charge < -0.3 is 14.6 Å². The molecule has 2 rings (SSSR count). The second kappa shape index (κ2) is 6.75. The molecule has 3 nitrogen and oxygen atoms in total. The summed E-state index contributed by atoms with van der Waals surface area (Å²) < 4.78 is 10.4. The monoisotopic (exact) mass is 346 g/mol. The zero-order chi connectivity index (χ0) is 15.6. The molecule has 0 aliphatic heterocycles. The number of benzene rings is 2. The van der Waals surface area contributed by atoms with Crippen molar-refractivity contribution < 1.29 is 14.6 Å². The molecule has 2 aromatic carbocycles. The summed E-state index contributed by atoms with van der Waals surface area (Å²) in [5.74, 6) is 0.864. The van der Waals surface area contributed by atoms with Crippen molar-refractivity contribution in [2.45, 2.75) is 6.10 Å². The number of aliphatic hydroxyl groups excluding tert-OH is 1. The van der Waals surface area contributed by atoms with Crippen LogP contribution in [0.4, 0.5) is 0 Å². The summed E-state index contributed by atoms with van der Waals surface area (Å²) in [5.41, 5.74) is 1.08. The minimum absolute atomic E-state index is 0.287. The van der Waals surface area contributed by atoms with E-state index in [1.807, 2.05) is 0 Å². The van der Waals surface area contributed by atoms with Gasteiger partial charge in [0.15, 0.2) is 11.5 Å². The van der Waals surface area contributed by atoms with Crippen molar-refractivity contribution in [3.8, 4) is 11.5 Å². The molecule has 0 fully saturated rings. The summed E-state index contributed by atoms with van der Waals surface area (Å²) in [6, 6.07) is 8.27. The number of hydrogen-bond acceptors (Lipinski definition) is 3. The lowest BCUT2D eigenvalue weighted by molar-refractivity contribution is 0.219. The second-order valence-corrected chi connectivity index (χ2v) is 5.47. The van der Waals surface area contributed by atoms with E-state index in [1.165, 1.54) is 14.2 Å². The highest BCUT2D eigenvalue weighted by Gasteiger charge is 2.20. The van der Waals surface area contributed by atoms with Crippen LogP contribution in [0.1, 0.15) is 17.2 Å². The second-order valence-electron chi connectivity index (χ2n) is 4.28. The fourth-order valence-corrected chi connectivity index (χ4v) is 2.62. The molecule has 0 saturated heterocycles. The molecule has 0 saturated carbocycles. The highest BCUT2D eigenvalue weighted by atomic mass is 35.5. The van der Waals surface area contributed by atoms with Crippen LogP contribution in [0.5, 0.6) is 11.5 Å². The van der Waals surface area contributed by atoms with E-state index in [2.05, 4.69) is 0 Å². The highest BCUT2D eigenvalue weighted by Crippen LogP contribution is 2.41. The molecule has 6 heteroatoms. The molecule has 0 aliphatic rings. The molecule has 0 aromatic heterocycles. The van der Waals surface area contributed by atoms with Gasteiger partial charge in [-0.05, 0) is 23.8 Å². The van der Waals surface area contributed by atoms with Gasteiger partial charge in [0.1, 0.15) is 6.10 Å². The minimum atomic E-state index is -0.952. The van der Waals surface area contributed by atoms with Crippen LogP contribution in [0.3, 0.4) is 0 Å². The third kappa shape index (κ3) is 3.22. The van der Waals surface area contributed by atoms with E-state index < -0.39 is 6.10 Å². The first-order valence-electron chi connectivity index (χ1n) is 6.03. The van der Waals surface area contributed by atoms with Crippen molar-refractivity contribution in [2.75, 3.05) is 14.2 Å². The van der Waals surface area contributed by atoms with Gasteiger partial charge in [-0.2, -0.15) is 0 Å². The van der Waals surface area contributed by atoms with Crippen LogP contribution in [-0.2, 0) is 0 Å². The van der Waals surface area contributed by atoms with Crippen LogP contribution >= 0.6 is 34.8 Å². The Labute approximate surface area is 138 Å². The smallest absolute Gasteiger partial charge is 0.179 e. The molecule has 0 heterocycles. The lowest BCUT2D eigenvalue weighted by atomic mass is 10.0. The van der Waals surface area contributed by atoms with Gasteiger partial charge in [-0.15, -0.1) is 0 Å². The lowest BCUT2D eigenvalue weighted by Crippen LogP contribution is -2.02. The summed E-state index contributed by atoms with van der Waals surface area (Å²) in [7, 11) is 3.00. The average molecular weight is 348 g/mol. The maximum Gasteiger partial charge on any atom is 0.179 e. The quantitative estimate of drug-likeness (QED) is 0.867. The van der Waals surface area contributed by atoms with Crippen LogP contribution in [0.25, 0.3) is 0 Å². The molecule has 0 amide bonds. The lowest BCUT2D eigenvalue weighted by Gasteiger charge is -2.17. The van der Waals surface area contributed by atoms with Crippen LogP contribution in [-0.4, -0.2) is 19.3 Å². The van der Waals surface area contributed by atoms with Crippen molar-refractivity contribution >= 4 is 34.8 Å². The number of halogens is 3. The number of aliphatic hydroxyl groups is 1. The summed E-state index contributed by atoms with van der Waals surface area (Å²) in [6.45, 7) is 0. The molecule has 2 aromatic rings. The number of hydrogen-bond donors (Lipinski definition) is 1. The highest BCUT2D eigenvalue weighted by molar-refractivity contribution is 6.42. The number of rotatable bonds is 4. The van der Waals surface area contributed by atoms with Gasteiger partial charge >= 0.3 is 0 Å². The predicted octanol–water partition coefficient (Wildman–Crippen LogP) is 4.75. The topological polar surface area (TPSA) is 38.7 Å². The zero-order valence-electron chi connectivity index (χ0n) is 11.4. The number of methoxy groups -OCH3 is 2. The van der Waals surface area contributed by atoms with Crippen molar-refractivity contribution in [1.29, 1.82) is 0 Å². The maximum atomic E-state index is 10.5. The average Bonchev–Trinajstić information content (AvgIpc) is 2.48. The Kier molecular flexibility index (Phi) is 5.22. The Balaban J connectivity index is 2.48. The SMILES string of the molecule is COc1ccc(C(O)c2ccc(Cl)c(Cl)c2)c(Cl)c1OC. The van der Waals surface area contributed by atoms with Gasteiger partial charge in [0.2, 0.25) is 0 Å². The first-order chi connectivity index (χ1) is 9.99. The van der Waals surface area contributed by atoms with E-state index in [9.17, 15) is 5.11 Å². The molecular formula is C15H13Cl3O3. The molecular weight excluding hydrogens is 335 g/mol. The Morgan fingerprint density at radius 3 is 2.24 bits per heavy atom. The minimum Gasteiger partial charge on any atom is -0.493 e. The molecule has 0 aliphatic carbocycles. The van der Waals surface area contributed by atoms with E-state index in [0.29, 0.717) is 32.7 Å². The Hall–Kier alpha value is -1.13. The maximum absolute atomic E-state index is 10.5. The Morgan fingerprint density at radius 2 is 1.67 bits per heavy atom. The van der Waals surface area contributed by atoms with E-state index in [1.54, 1.807) is 30.3 Å². The molecule has 0 bridgehead atoms. The van der Waals surface area contributed by atoms with E-state index in [0.717, 1.165) is 0 Å². The summed E-state index contributed by atoms with van der Waals surface area (Å²) in [5, 5.41) is 11.6. The molecule has 21 heavy (non-hydrogen) atoms. The van der Waals surface area contributed by atoms with Crippen LogP contribution < -0.4 is 9.47 Å². The van der Waals surface area contributed by atoms with Crippen LogP contribution in [0.15, 0.2) is 30.3 Å². The first kappa shape index (κ1) is 16.2. The normalized spacial score (nSPS) is 12.1. The Morgan fingerprint density at radius 1 is 0.952 bits per heavy atom. The molecule has 0 spiro atoms. The van der Waals surface area contributed by atoms with Gasteiger partial charge in [-0.25, -0.2) is 0 Å². The third-order valence-electron chi connectivity index (χ3n) is 3.07. The standard InChI is InChI=1S/C15H13Cl3O3/c1-20-12-6-4-9(13(18)15(12)21-2)14(19)8-3-5-10(16)11(17)7-8/h3-7,14,19H,1-2H3. The van der Waals surface area contributed by atoms with Crippen molar-refractivity contribution in [2.24, 2.45) is 0 Å². The van der Waals surface area contributed by atoms with E-state index in [4.69, 9.17) is 44.3 Å². The van der Waals surface area contributed by atoms with Gasteiger partial charge in [0.05, 0.1) is 29.3 Å². The summed E-state index contributed by atoms with van der Waals surface area (Å²) in [6.07, 6.45) is -0.952. The van der Waals surface area contributed by atoms with Crippen molar-refractivity contribution in [1.82, 2.24) is 0 Å². The summed E-state index contributed by atoms with van der Waals surface area (Å²) in [4.78, 5) is 0. The predicted molar refractivity (Wildman–Crippen MR) is 85.1 cm³/mol. The molecule has 112 valence electrons. The van der Waals surface area contributed by atoms with Crippen molar-refractivity contribution in [3.63, 3.8) is 0 Å². The molecule has 1 N–H and O–H groups in total. The zero-order valence-corrected chi connectivity index (χ0v) is 13.6. The number of ether oxygens (including phenoxy) is 2. The van der Waals surface area contributed by atoms with Gasteiger partial charge in [-0.3, -0.25) is 0 Å². The van der Waals surface area contributed by atoms with Gasteiger partial charge in [0, 0.05) is 5.56 Å². The molecule has 0 radical (unpaired) electrons. The largest absolute Gasteiger partial charge is 0.493 e. The van der Waals surface area contributed by atoms with Crippen LogP contribution in [0, 0.1) is 0 Å². The first-order valence-corrected chi connectivity index (χ1v) is 7.16. The molecule has 1 unspecified atom stereocenters. The van der Waals surface area contributed by atoms with Gasteiger partial charge in [-0.1, -0.05) is 46.9 Å². The summed E-state index contributed by atoms with van der Waals surface area (Å²) >= 11 is 18.1. The van der Waals surface area contributed by atoms with E-state index >= 15 is 0 Å². The van der Waals surface area contributed by atoms with Crippen molar-refractivity contribution in [3.05, 3.63) is 56.5 Å². The van der Waals surface area contributed by atoms with Gasteiger partial charge in [0.25, 0.3) is 0 Å².